The zero-order valence-electron chi connectivity index (χ0n) is 16.0. The van der Waals surface area contributed by atoms with Crippen LogP contribution in [0.15, 0.2) is 84.0 Å². The number of ether oxygens (including phenoxy) is 1. The fraction of sp³-hybridized carbons (Fsp3) is 0.0870. The maximum atomic E-state index is 11.9. The molecule has 3 rings (SSSR count). The predicted molar refractivity (Wildman–Crippen MR) is 113 cm³/mol. The number of benzene rings is 3. The fourth-order valence-corrected chi connectivity index (χ4v) is 2.43. The third-order valence-corrected chi connectivity index (χ3v) is 4.02. The fourth-order valence-electron chi connectivity index (χ4n) is 2.43. The second kappa shape index (κ2) is 9.85. The van der Waals surface area contributed by atoms with Gasteiger partial charge in [0.2, 0.25) is 0 Å². The first kappa shape index (κ1) is 19.8. The largest absolute Gasteiger partial charge is 0.489 e. The monoisotopic (exact) mass is 387 g/mol. The molecule has 0 bridgehead atoms. The number of carbonyl (C=O) groups is 2. The molecule has 3 aromatic rings. The number of rotatable bonds is 6. The number of nitrogens with one attached hydrogen (secondary N) is 2. The molecule has 2 amide bonds. The molecular formula is C23H21N3O3. The van der Waals surface area contributed by atoms with E-state index in [2.05, 4.69) is 15.8 Å². The van der Waals surface area contributed by atoms with Crippen LogP contribution in [0.25, 0.3) is 0 Å². The lowest BCUT2D eigenvalue weighted by Crippen LogP contribution is -2.32. The molecule has 0 unspecified atom stereocenters. The summed E-state index contributed by atoms with van der Waals surface area (Å²) in [5.74, 6) is -0.896. The highest BCUT2D eigenvalue weighted by atomic mass is 16.5. The number of amides is 2. The average Bonchev–Trinajstić information content (AvgIpc) is 2.75. The molecule has 6 nitrogen and oxygen atoms in total. The Labute approximate surface area is 169 Å². The van der Waals surface area contributed by atoms with Gasteiger partial charge in [0.1, 0.15) is 12.4 Å². The minimum absolute atomic E-state index is 0.487. The first-order valence-corrected chi connectivity index (χ1v) is 9.08. The van der Waals surface area contributed by atoms with Gasteiger partial charge in [0.15, 0.2) is 0 Å². The summed E-state index contributed by atoms with van der Waals surface area (Å²) in [7, 11) is 0. The van der Waals surface area contributed by atoms with E-state index in [1.54, 1.807) is 12.1 Å². The van der Waals surface area contributed by atoms with Crippen LogP contribution in [0.2, 0.25) is 0 Å². The maximum Gasteiger partial charge on any atom is 0.329 e. The lowest BCUT2D eigenvalue weighted by Gasteiger charge is -2.06. The average molecular weight is 387 g/mol. The summed E-state index contributed by atoms with van der Waals surface area (Å²) in [5, 5.41) is 6.33. The van der Waals surface area contributed by atoms with Crippen LogP contribution in [-0.4, -0.2) is 18.0 Å². The Morgan fingerprint density at radius 2 is 1.59 bits per heavy atom. The molecule has 0 aromatic heterocycles. The van der Waals surface area contributed by atoms with Crippen LogP contribution < -0.4 is 15.5 Å². The van der Waals surface area contributed by atoms with Gasteiger partial charge in [-0.3, -0.25) is 9.59 Å². The van der Waals surface area contributed by atoms with Crippen LogP contribution in [0, 0.1) is 6.92 Å². The zero-order chi connectivity index (χ0) is 20.5. The Kier molecular flexibility index (Phi) is 6.73. The molecule has 3 aromatic carbocycles. The van der Waals surface area contributed by atoms with Crippen molar-refractivity contribution in [1.82, 2.24) is 5.43 Å². The molecule has 29 heavy (non-hydrogen) atoms. The van der Waals surface area contributed by atoms with Crippen LogP contribution in [0.4, 0.5) is 5.69 Å². The van der Waals surface area contributed by atoms with Gasteiger partial charge < -0.3 is 10.1 Å². The van der Waals surface area contributed by atoms with Crippen molar-refractivity contribution in [2.24, 2.45) is 5.10 Å². The Morgan fingerprint density at radius 3 is 2.28 bits per heavy atom. The highest BCUT2D eigenvalue weighted by Gasteiger charge is 2.12. The standard InChI is InChI=1S/C23H21N3O3/c1-17-7-11-20(12-8-17)25-22(27)23(28)26-24-15-18-9-13-21(14-10-18)29-16-19-5-3-2-4-6-19/h2-15H,16H2,1H3,(H,25,27)(H,26,28)/b24-15-. The van der Waals surface area contributed by atoms with Crippen LogP contribution in [0.5, 0.6) is 5.75 Å². The Morgan fingerprint density at radius 1 is 0.897 bits per heavy atom. The summed E-state index contributed by atoms with van der Waals surface area (Å²) >= 11 is 0. The minimum Gasteiger partial charge on any atom is -0.489 e. The molecule has 0 aliphatic heterocycles. The molecule has 0 heterocycles. The van der Waals surface area contributed by atoms with Crippen molar-refractivity contribution in [3.8, 4) is 5.75 Å². The smallest absolute Gasteiger partial charge is 0.329 e. The molecular weight excluding hydrogens is 366 g/mol. The van der Waals surface area contributed by atoms with Crippen molar-refractivity contribution >= 4 is 23.7 Å². The lowest BCUT2D eigenvalue weighted by molar-refractivity contribution is -0.136. The summed E-state index contributed by atoms with van der Waals surface area (Å²) in [6, 6.07) is 24.3. The van der Waals surface area contributed by atoms with Gasteiger partial charge in [0.05, 0.1) is 6.21 Å². The van der Waals surface area contributed by atoms with E-state index in [0.717, 1.165) is 22.4 Å². The SMILES string of the molecule is Cc1ccc(NC(=O)C(=O)N/N=C\c2ccc(OCc3ccccc3)cc2)cc1. The zero-order valence-corrected chi connectivity index (χ0v) is 16.0. The van der Waals surface area contributed by atoms with Gasteiger partial charge in [0.25, 0.3) is 0 Å². The number of hydrazone groups is 1. The van der Waals surface area contributed by atoms with Gasteiger partial charge in [-0.25, -0.2) is 5.43 Å². The molecule has 2 N–H and O–H groups in total. The van der Waals surface area contributed by atoms with Crippen LogP contribution >= 0.6 is 0 Å². The second-order valence-corrected chi connectivity index (χ2v) is 6.36. The van der Waals surface area contributed by atoms with Crippen molar-refractivity contribution < 1.29 is 14.3 Å². The first-order valence-electron chi connectivity index (χ1n) is 9.08. The van der Waals surface area contributed by atoms with E-state index in [1.165, 1.54) is 6.21 Å². The van der Waals surface area contributed by atoms with Crippen molar-refractivity contribution in [1.29, 1.82) is 0 Å². The van der Waals surface area contributed by atoms with E-state index in [9.17, 15) is 9.59 Å². The maximum absolute atomic E-state index is 11.9. The van der Waals surface area contributed by atoms with Gasteiger partial charge in [-0.1, -0.05) is 48.0 Å². The number of hydrogen-bond acceptors (Lipinski definition) is 4. The van der Waals surface area contributed by atoms with E-state index in [1.807, 2.05) is 73.7 Å². The van der Waals surface area contributed by atoms with E-state index >= 15 is 0 Å². The summed E-state index contributed by atoms with van der Waals surface area (Å²) in [5.41, 5.74) is 5.67. The van der Waals surface area contributed by atoms with Crippen molar-refractivity contribution in [2.45, 2.75) is 13.5 Å². The molecule has 0 saturated carbocycles. The summed E-state index contributed by atoms with van der Waals surface area (Å²) in [6.45, 7) is 2.43. The number of aryl methyl sites for hydroxylation is 1. The molecule has 146 valence electrons. The van der Waals surface area contributed by atoms with Gasteiger partial charge in [-0.15, -0.1) is 0 Å². The molecule has 0 radical (unpaired) electrons. The highest BCUT2D eigenvalue weighted by Crippen LogP contribution is 2.13. The topological polar surface area (TPSA) is 79.8 Å². The Balaban J connectivity index is 1.46. The number of hydrogen-bond donors (Lipinski definition) is 2. The number of nitrogens with zero attached hydrogens (tertiary/aromatic N) is 1. The van der Waals surface area contributed by atoms with E-state index in [0.29, 0.717) is 12.3 Å². The molecule has 6 heteroatoms. The number of carbonyl (C=O) groups excluding carboxylic acids is 2. The van der Waals surface area contributed by atoms with E-state index in [4.69, 9.17) is 4.74 Å². The first-order chi connectivity index (χ1) is 14.1. The molecule has 0 saturated heterocycles. The Hall–Kier alpha value is -3.93. The molecule has 0 atom stereocenters. The molecule has 0 spiro atoms. The van der Waals surface area contributed by atoms with Gasteiger partial charge in [-0.2, -0.15) is 5.10 Å². The summed E-state index contributed by atoms with van der Waals surface area (Å²) in [6.07, 6.45) is 1.46. The van der Waals surface area contributed by atoms with Crippen LogP contribution in [0.3, 0.4) is 0 Å². The van der Waals surface area contributed by atoms with E-state index < -0.39 is 11.8 Å². The number of anilines is 1. The van der Waals surface area contributed by atoms with E-state index in [-0.39, 0.29) is 0 Å². The van der Waals surface area contributed by atoms with Crippen molar-refractivity contribution in [3.05, 3.63) is 95.6 Å². The summed E-state index contributed by atoms with van der Waals surface area (Å²) in [4.78, 5) is 23.7. The third kappa shape index (κ3) is 6.32. The third-order valence-electron chi connectivity index (χ3n) is 4.02. The van der Waals surface area contributed by atoms with Crippen LogP contribution in [0.1, 0.15) is 16.7 Å². The molecule has 0 fully saturated rings. The molecule has 0 aliphatic rings. The van der Waals surface area contributed by atoms with Crippen LogP contribution in [-0.2, 0) is 16.2 Å². The minimum atomic E-state index is -0.843. The van der Waals surface area contributed by atoms with Crippen molar-refractivity contribution in [3.63, 3.8) is 0 Å². The molecule has 0 aliphatic carbocycles. The van der Waals surface area contributed by atoms with Gasteiger partial charge in [0, 0.05) is 5.69 Å². The highest BCUT2D eigenvalue weighted by molar-refractivity contribution is 6.39. The van der Waals surface area contributed by atoms with Gasteiger partial charge in [-0.05, 0) is 54.4 Å². The van der Waals surface area contributed by atoms with Crippen molar-refractivity contribution in [2.75, 3.05) is 5.32 Å². The lowest BCUT2D eigenvalue weighted by atomic mass is 10.2. The predicted octanol–water partition coefficient (Wildman–Crippen LogP) is 3.66. The second-order valence-electron chi connectivity index (χ2n) is 6.36. The Bertz CT molecular complexity index is 982. The summed E-state index contributed by atoms with van der Waals surface area (Å²) < 4.78 is 5.72. The van der Waals surface area contributed by atoms with Gasteiger partial charge >= 0.3 is 11.8 Å². The quantitative estimate of drug-likeness (QED) is 0.385. The normalized spacial score (nSPS) is 10.5.